The predicted molar refractivity (Wildman–Crippen MR) is 85.7 cm³/mol. The maximum absolute atomic E-state index is 12.6. The van der Waals surface area contributed by atoms with Crippen molar-refractivity contribution in [2.75, 3.05) is 0 Å². The first-order chi connectivity index (χ1) is 11.1. The van der Waals surface area contributed by atoms with Gasteiger partial charge in [-0.3, -0.25) is 4.79 Å². The van der Waals surface area contributed by atoms with Gasteiger partial charge in [0.1, 0.15) is 0 Å². The van der Waals surface area contributed by atoms with E-state index in [-0.39, 0.29) is 23.8 Å². The molecule has 1 saturated carbocycles. The standard InChI is InChI=1S/C18H21N3O2/c1-21-10-19-9-15(21)13-8-14(13)18(23)20-17-12-5-3-2-4-11(12)6-7-16(17)22/h2-5,9-10,13-14,16-17,22H,6-8H2,1H3,(H,20,23)/t13-,14-,16-,17+/m1/s1. The number of rotatable bonds is 3. The lowest BCUT2D eigenvalue weighted by atomic mass is 9.85. The van der Waals surface area contributed by atoms with Crippen LogP contribution in [0.2, 0.25) is 0 Å². The molecule has 1 aromatic heterocycles. The average Bonchev–Trinajstić information content (AvgIpc) is 3.24. The fourth-order valence-electron chi connectivity index (χ4n) is 3.71. The Balaban J connectivity index is 1.49. The lowest BCUT2D eigenvalue weighted by molar-refractivity contribution is -0.124. The summed E-state index contributed by atoms with van der Waals surface area (Å²) in [6.07, 6.45) is 5.51. The highest BCUT2D eigenvalue weighted by molar-refractivity contribution is 5.83. The number of aliphatic hydroxyl groups excluding tert-OH is 1. The highest BCUT2D eigenvalue weighted by Crippen LogP contribution is 2.47. The van der Waals surface area contributed by atoms with Crippen molar-refractivity contribution < 1.29 is 9.90 Å². The van der Waals surface area contributed by atoms with Crippen molar-refractivity contribution in [3.8, 4) is 0 Å². The number of amides is 1. The minimum atomic E-state index is -0.511. The van der Waals surface area contributed by atoms with Crippen LogP contribution in [0.25, 0.3) is 0 Å². The van der Waals surface area contributed by atoms with Crippen LogP contribution in [0.4, 0.5) is 0 Å². The Morgan fingerprint density at radius 3 is 3.00 bits per heavy atom. The number of imidazole rings is 1. The Kier molecular flexibility index (Phi) is 3.45. The van der Waals surface area contributed by atoms with Gasteiger partial charge in [0, 0.05) is 30.8 Å². The van der Waals surface area contributed by atoms with Gasteiger partial charge in [-0.1, -0.05) is 24.3 Å². The molecule has 2 aliphatic carbocycles. The van der Waals surface area contributed by atoms with E-state index < -0.39 is 6.10 Å². The number of aromatic nitrogens is 2. The van der Waals surface area contributed by atoms with Gasteiger partial charge in [-0.05, 0) is 30.4 Å². The van der Waals surface area contributed by atoms with E-state index in [0.717, 1.165) is 24.1 Å². The van der Waals surface area contributed by atoms with E-state index in [9.17, 15) is 9.90 Å². The van der Waals surface area contributed by atoms with Gasteiger partial charge < -0.3 is 15.0 Å². The van der Waals surface area contributed by atoms with Crippen molar-refractivity contribution in [2.45, 2.75) is 37.3 Å². The smallest absolute Gasteiger partial charge is 0.224 e. The highest BCUT2D eigenvalue weighted by Gasteiger charge is 2.46. The van der Waals surface area contributed by atoms with Crippen molar-refractivity contribution in [1.29, 1.82) is 0 Å². The molecule has 23 heavy (non-hydrogen) atoms. The van der Waals surface area contributed by atoms with E-state index in [1.165, 1.54) is 5.56 Å². The molecule has 0 spiro atoms. The van der Waals surface area contributed by atoms with Gasteiger partial charge in [-0.2, -0.15) is 0 Å². The monoisotopic (exact) mass is 311 g/mol. The van der Waals surface area contributed by atoms with Crippen molar-refractivity contribution >= 4 is 5.91 Å². The van der Waals surface area contributed by atoms with E-state index in [2.05, 4.69) is 16.4 Å². The summed E-state index contributed by atoms with van der Waals surface area (Å²) in [7, 11) is 1.96. The molecule has 0 unspecified atom stereocenters. The zero-order valence-corrected chi connectivity index (χ0v) is 13.1. The first kappa shape index (κ1) is 14.5. The number of hydrogen-bond donors (Lipinski definition) is 2. The van der Waals surface area contributed by atoms with Crippen LogP contribution in [0, 0.1) is 5.92 Å². The van der Waals surface area contributed by atoms with Crippen LogP contribution in [0.3, 0.4) is 0 Å². The zero-order valence-electron chi connectivity index (χ0n) is 13.1. The van der Waals surface area contributed by atoms with Crippen molar-refractivity contribution in [3.63, 3.8) is 0 Å². The Labute approximate surface area is 135 Å². The topological polar surface area (TPSA) is 67.2 Å². The summed E-state index contributed by atoms with van der Waals surface area (Å²) < 4.78 is 1.97. The molecule has 4 rings (SSSR count). The van der Waals surface area contributed by atoms with Crippen LogP contribution in [0.15, 0.2) is 36.8 Å². The predicted octanol–water partition coefficient (Wildman–Crippen LogP) is 1.69. The highest BCUT2D eigenvalue weighted by atomic mass is 16.3. The summed E-state index contributed by atoms with van der Waals surface area (Å²) in [5.74, 6) is 0.280. The molecule has 0 bridgehead atoms. The SMILES string of the molecule is Cn1cncc1[C@@H]1C[C@H]1C(=O)N[C@H]1c2ccccc2CC[C@H]1O. The number of carbonyl (C=O) groups excluding carboxylic acids is 1. The number of benzene rings is 1. The molecule has 1 fully saturated rings. The molecule has 0 saturated heterocycles. The summed E-state index contributed by atoms with van der Waals surface area (Å²) in [6.45, 7) is 0. The van der Waals surface area contributed by atoms with Gasteiger partial charge in [0.2, 0.25) is 5.91 Å². The number of carbonyl (C=O) groups is 1. The van der Waals surface area contributed by atoms with Gasteiger partial charge in [0.15, 0.2) is 0 Å². The number of fused-ring (bicyclic) bond motifs is 1. The second kappa shape index (κ2) is 5.49. The largest absolute Gasteiger partial charge is 0.391 e. The molecule has 0 radical (unpaired) electrons. The van der Waals surface area contributed by atoms with Crippen LogP contribution >= 0.6 is 0 Å². The molecule has 1 heterocycles. The van der Waals surface area contributed by atoms with Crippen LogP contribution < -0.4 is 5.32 Å². The Morgan fingerprint density at radius 1 is 1.39 bits per heavy atom. The van der Waals surface area contributed by atoms with Crippen LogP contribution in [0.1, 0.15) is 41.6 Å². The Bertz CT molecular complexity index is 739. The minimum absolute atomic E-state index is 0.00770. The third kappa shape index (κ3) is 2.55. The molecule has 0 aliphatic heterocycles. The van der Waals surface area contributed by atoms with Gasteiger partial charge >= 0.3 is 0 Å². The van der Waals surface area contributed by atoms with E-state index in [1.54, 1.807) is 6.33 Å². The van der Waals surface area contributed by atoms with Crippen molar-refractivity contribution in [3.05, 3.63) is 53.6 Å². The van der Waals surface area contributed by atoms with Crippen LogP contribution in [-0.2, 0) is 18.3 Å². The summed E-state index contributed by atoms with van der Waals surface area (Å²) in [5, 5.41) is 13.4. The lowest BCUT2D eigenvalue weighted by Gasteiger charge is -2.31. The number of aryl methyl sites for hydroxylation is 2. The van der Waals surface area contributed by atoms with Crippen LogP contribution in [0.5, 0.6) is 0 Å². The molecule has 1 aromatic carbocycles. The summed E-state index contributed by atoms with van der Waals surface area (Å²) in [6, 6.07) is 7.77. The fraction of sp³-hybridized carbons (Fsp3) is 0.444. The number of hydrogen-bond acceptors (Lipinski definition) is 3. The Morgan fingerprint density at radius 2 is 2.22 bits per heavy atom. The number of nitrogens with one attached hydrogen (secondary N) is 1. The zero-order chi connectivity index (χ0) is 16.0. The third-order valence-corrected chi connectivity index (χ3v) is 5.14. The van der Waals surface area contributed by atoms with Gasteiger partial charge in [0.05, 0.1) is 18.5 Å². The maximum Gasteiger partial charge on any atom is 0.224 e. The summed E-state index contributed by atoms with van der Waals surface area (Å²) in [5.41, 5.74) is 3.38. The molecule has 2 aromatic rings. The number of aliphatic hydroxyl groups is 1. The first-order valence-corrected chi connectivity index (χ1v) is 8.17. The average molecular weight is 311 g/mol. The van der Waals surface area contributed by atoms with Gasteiger partial charge in [-0.25, -0.2) is 4.98 Å². The van der Waals surface area contributed by atoms with Crippen molar-refractivity contribution in [2.24, 2.45) is 13.0 Å². The van der Waals surface area contributed by atoms with E-state index in [0.29, 0.717) is 6.42 Å². The lowest BCUT2D eigenvalue weighted by Crippen LogP contribution is -2.40. The van der Waals surface area contributed by atoms with E-state index >= 15 is 0 Å². The Hall–Kier alpha value is -2.14. The molecular weight excluding hydrogens is 290 g/mol. The molecule has 1 amide bonds. The quantitative estimate of drug-likeness (QED) is 0.906. The summed E-state index contributed by atoms with van der Waals surface area (Å²) in [4.78, 5) is 16.7. The summed E-state index contributed by atoms with van der Waals surface area (Å²) >= 11 is 0. The maximum atomic E-state index is 12.6. The minimum Gasteiger partial charge on any atom is -0.391 e. The third-order valence-electron chi connectivity index (χ3n) is 5.14. The molecule has 120 valence electrons. The fourth-order valence-corrected chi connectivity index (χ4v) is 3.71. The first-order valence-electron chi connectivity index (χ1n) is 8.17. The molecule has 5 heteroatoms. The van der Waals surface area contributed by atoms with Crippen LogP contribution in [-0.4, -0.2) is 26.7 Å². The molecule has 2 aliphatic rings. The normalized spacial score (nSPS) is 29.0. The second-order valence-corrected chi connectivity index (χ2v) is 6.67. The molecule has 4 atom stereocenters. The molecule has 2 N–H and O–H groups in total. The number of nitrogens with zero attached hydrogens (tertiary/aromatic N) is 2. The van der Waals surface area contributed by atoms with Gasteiger partial charge in [-0.15, -0.1) is 0 Å². The van der Waals surface area contributed by atoms with E-state index in [4.69, 9.17) is 0 Å². The van der Waals surface area contributed by atoms with Crippen molar-refractivity contribution in [1.82, 2.24) is 14.9 Å². The van der Waals surface area contributed by atoms with Gasteiger partial charge in [0.25, 0.3) is 0 Å². The van der Waals surface area contributed by atoms with E-state index in [1.807, 2.05) is 36.0 Å². The molecular formula is C18H21N3O2. The molecule has 5 nitrogen and oxygen atoms in total. The second-order valence-electron chi connectivity index (χ2n) is 6.67.